The van der Waals surface area contributed by atoms with Gasteiger partial charge >= 0.3 is 0 Å². The Bertz CT molecular complexity index is 644. The van der Waals surface area contributed by atoms with Crippen LogP contribution in [0.2, 0.25) is 15.1 Å². The van der Waals surface area contributed by atoms with E-state index in [1.807, 2.05) is 25.1 Å². The fraction of sp³-hybridized carbons (Fsp3) is 0.267. The summed E-state index contributed by atoms with van der Waals surface area (Å²) in [5.74, 6) is 1.16. The van der Waals surface area contributed by atoms with Crippen LogP contribution in [0.1, 0.15) is 18.9 Å². The highest BCUT2D eigenvalue weighted by atomic mass is 35.5. The van der Waals surface area contributed by atoms with Crippen LogP contribution in [-0.4, -0.2) is 11.5 Å². The molecule has 0 bridgehead atoms. The maximum absolute atomic E-state index is 6.19. The van der Waals surface area contributed by atoms with Crippen LogP contribution in [0.15, 0.2) is 24.3 Å². The van der Waals surface area contributed by atoms with E-state index in [0.717, 1.165) is 24.2 Å². The number of rotatable bonds is 5. The van der Waals surface area contributed by atoms with Gasteiger partial charge in [0.2, 0.25) is 0 Å². The molecular weight excluding hydrogens is 329 g/mol. The van der Waals surface area contributed by atoms with E-state index in [4.69, 9.17) is 34.8 Å². The van der Waals surface area contributed by atoms with Gasteiger partial charge in [-0.15, -0.1) is 0 Å². The molecule has 0 fully saturated rings. The lowest BCUT2D eigenvalue weighted by atomic mass is 10.2. The topological polar surface area (TPSA) is 37.0 Å². The molecule has 112 valence electrons. The number of benzene rings is 1. The maximum Gasteiger partial charge on any atom is 0.151 e. The van der Waals surface area contributed by atoms with E-state index >= 15 is 0 Å². The molecule has 0 radical (unpaired) electrons. The highest BCUT2D eigenvalue weighted by Crippen LogP contribution is 2.31. The van der Waals surface area contributed by atoms with E-state index in [0.29, 0.717) is 26.7 Å². The molecule has 0 atom stereocenters. The number of anilines is 3. The predicted molar refractivity (Wildman–Crippen MR) is 92.5 cm³/mol. The normalized spacial score (nSPS) is 10.5. The quantitative estimate of drug-likeness (QED) is 0.707. The molecule has 1 aromatic heterocycles. The second-order valence-electron chi connectivity index (χ2n) is 4.66. The van der Waals surface area contributed by atoms with Gasteiger partial charge in [0.25, 0.3) is 0 Å². The van der Waals surface area contributed by atoms with Crippen molar-refractivity contribution in [3.8, 4) is 0 Å². The molecular formula is C15H16Cl3N3. The van der Waals surface area contributed by atoms with Crippen LogP contribution in [0, 0.1) is 6.92 Å². The molecule has 2 rings (SSSR count). The van der Waals surface area contributed by atoms with Gasteiger partial charge in [0.1, 0.15) is 5.82 Å². The SMILES string of the molecule is CCCNc1nc(Nc2ccc(C)c(Cl)c2)c(Cl)cc1Cl. The number of hydrogen-bond acceptors (Lipinski definition) is 3. The molecule has 0 saturated carbocycles. The molecule has 3 nitrogen and oxygen atoms in total. The van der Waals surface area contributed by atoms with Crippen LogP contribution in [-0.2, 0) is 0 Å². The van der Waals surface area contributed by atoms with Crippen LogP contribution >= 0.6 is 34.8 Å². The molecule has 0 unspecified atom stereocenters. The summed E-state index contributed by atoms with van der Waals surface area (Å²) in [7, 11) is 0. The first-order chi connectivity index (χ1) is 10.0. The Kier molecular flexibility index (Phi) is 5.57. The number of aryl methyl sites for hydroxylation is 1. The van der Waals surface area contributed by atoms with Crippen LogP contribution in [0.4, 0.5) is 17.3 Å². The van der Waals surface area contributed by atoms with Crippen LogP contribution in [0.3, 0.4) is 0 Å². The molecule has 0 aliphatic heterocycles. The minimum absolute atomic E-state index is 0.457. The molecule has 0 aliphatic rings. The maximum atomic E-state index is 6.19. The van der Waals surface area contributed by atoms with Crippen LogP contribution < -0.4 is 10.6 Å². The fourth-order valence-corrected chi connectivity index (χ4v) is 2.38. The van der Waals surface area contributed by atoms with Crippen molar-refractivity contribution in [2.45, 2.75) is 20.3 Å². The van der Waals surface area contributed by atoms with Gasteiger partial charge in [0, 0.05) is 17.3 Å². The summed E-state index contributed by atoms with van der Waals surface area (Å²) < 4.78 is 0. The fourth-order valence-electron chi connectivity index (χ4n) is 1.73. The van der Waals surface area contributed by atoms with Crippen molar-refractivity contribution in [1.82, 2.24) is 4.98 Å². The van der Waals surface area contributed by atoms with E-state index < -0.39 is 0 Å². The first kappa shape index (κ1) is 16.2. The van der Waals surface area contributed by atoms with Crippen molar-refractivity contribution in [1.29, 1.82) is 0 Å². The molecule has 0 aliphatic carbocycles. The minimum Gasteiger partial charge on any atom is -0.369 e. The molecule has 1 aromatic carbocycles. The van der Waals surface area contributed by atoms with Gasteiger partial charge < -0.3 is 10.6 Å². The lowest BCUT2D eigenvalue weighted by Crippen LogP contribution is -2.05. The number of pyridine rings is 1. The van der Waals surface area contributed by atoms with E-state index in [1.165, 1.54) is 0 Å². The van der Waals surface area contributed by atoms with Crippen LogP contribution in [0.5, 0.6) is 0 Å². The van der Waals surface area contributed by atoms with Gasteiger partial charge in [-0.05, 0) is 37.1 Å². The molecule has 1 heterocycles. The Balaban J connectivity index is 2.28. The monoisotopic (exact) mass is 343 g/mol. The summed E-state index contributed by atoms with van der Waals surface area (Å²) in [6, 6.07) is 7.37. The van der Waals surface area contributed by atoms with E-state index in [2.05, 4.69) is 22.5 Å². The largest absolute Gasteiger partial charge is 0.369 e. The van der Waals surface area contributed by atoms with Crippen molar-refractivity contribution in [3.63, 3.8) is 0 Å². The summed E-state index contributed by atoms with van der Waals surface area (Å²) >= 11 is 18.4. The molecule has 21 heavy (non-hydrogen) atoms. The van der Waals surface area contributed by atoms with Gasteiger partial charge in [-0.1, -0.05) is 47.8 Å². The van der Waals surface area contributed by atoms with E-state index in [-0.39, 0.29) is 0 Å². The summed E-state index contributed by atoms with van der Waals surface area (Å²) in [5, 5.41) is 7.97. The highest BCUT2D eigenvalue weighted by Gasteiger charge is 2.10. The van der Waals surface area contributed by atoms with E-state index in [1.54, 1.807) is 6.07 Å². The Labute approximate surface area is 139 Å². The molecule has 0 saturated heterocycles. The molecule has 2 N–H and O–H groups in total. The first-order valence-corrected chi connectivity index (χ1v) is 7.77. The van der Waals surface area contributed by atoms with Crippen molar-refractivity contribution < 1.29 is 0 Å². The zero-order chi connectivity index (χ0) is 15.4. The number of nitrogens with one attached hydrogen (secondary N) is 2. The Hall–Kier alpha value is -1.16. The second-order valence-corrected chi connectivity index (χ2v) is 5.89. The van der Waals surface area contributed by atoms with Gasteiger partial charge in [0.15, 0.2) is 5.82 Å². The van der Waals surface area contributed by atoms with Gasteiger partial charge in [0.05, 0.1) is 10.0 Å². The lowest BCUT2D eigenvalue weighted by molar-refractivity contribution is 0.970. The first-order valence-electron chi connectivity index (χ1n) is 6.64. The van der Waals surface area contributed by atoms with Gasteiger partial charge in [-0.2, -0.15) is 0 Å². The zero-order valence-corrected chi connectivity index (χ0v) is 14.1. The third kappa shape index (κ3) is 4.16. The Morgan fingerprint density at radius 3 is 2.38 bits per heavy atom. The Morgan fingerprint density at radius 1 is 1.00 bits per heavy atom. The Morgan fingerprint density at radius 2 is 1.71 bits per heavy atom. The summed E-state index contributed by atoms with van der Waals surface area (Å²) in [6.07, 6.45) is 0.983. The lowest BCUT2D eigenvalue weighted by Gasteiger charge is -2.12. The number of hydrogen-bond donors (Lipinski definition) is 2. The molecule has 2 aromatic rings. The van der Waals surface area contributed by atoms with Gasteiger partial charge in [-0.3, -0.25) is 0 Å². The third-order valence-electron chi connectivity index (χ3n) is 2.91. The van der Waals surface area contributed by atoms with Crippen LogP contribution in [0.25, 0.3) is 0 Å². The zero-order valence-electron chi connectivity index (χ0n) is 11.8. The second kappa shape index (κ2) is 7.21. The molecule has 6 heteroatoms. The van der Waals surface area contributed by atoms with Gasteiger partial charge in [-0.25, -0.2) is 4.98 Å². The number of aromatic nitrogens is 1. The summed E-state index contributed by atoms with van der Waals surface area (Å²) in [4.78, 5) is 4.43. The highest BCUT2D eigenvalue weighted by molar-refractivity contribution is 6.37. The smallest absolute Gasteiger partial charge is 0.151 e. The van der Waals surface area contributed by atoms with Crippen molar-refractivity contribution in [3.05, 3.63) is 44.9 Å². The average Bonchev–Trinajstić information content (AvgIpc) is 2.44. The average molecular weight is 345 g/mol. The van der Waals surface area contributed by atoms with Crippen molar-refractivity contribution in [2.24, 2.45) is 0 Å². The molecule has 0 spiro atoms. The third-order valence-corrected chi connectivity index (χ3v) is 3.89. The summed E-state index contributed by atoms with van der Waals surface area (Å²) in [6.45, 7) is 4.82. The number of halogens is 3. The van der Waals surface area contributed by atoms with Crippen molar-refractivity contribution in [2.75, 3.05) is 17.2 Å². The number of nitrogens with zero attached hydrogens (tertiary/aromatic N) is 1. The predicted octanol–water partition coefficient (Wildman–Crippen LogP) is 5.92. The van der Waals surface area contributed by atoms with E-state index in [9.17, 15) is 0 Å². The molecule has 0 amide bonds. The summed E-state index contributed by atoms with van der Waals surface area (Å²) in [5.41, 5.74) is 1.84. The minimum atomic E-state index is 0.457. The standard InChI is InChI=1S/C15H16Cl3N3/c1-3-6-19-14-12(17)8-13(18)15(21-14)20-10-5-4-9(2)11(16)7-10/h4-5,7-8H,3,6H2,1-2H3,(H2,19,20,21). The van der Waals surface area contributed by atoms with Crippen molar-refractivity contribution >= 4 is 52.1 Å².